The summed E-state index contributed by atoms with van der Waals surface area (Å²) in [5.74, 6) is 0.136. The normalized spacial score (nSPS) is 10.3. The Morgan fingerprint density at radius 1 is 0.926 bits per heavy atom. The molecule has 27 heavy (non-hydrogen) atoms. The van der Waals surface area contributed by atoms with Gasteiger partial charge < -0.3 is 4.74 Å². The van der Waals surface area contributed by atoms with Gasteiger partial charge in [0.2, 0.25) is 0 Å². The third-order valence-electron chi connectivity index (χ3n) is 4.52. The summed E-state index contributed by atoms with van der Waals surface area (Å²) in [5.41, 5.74) is 3.32. The quantitative estimate of drug-likeness (QED) is 0.234. The number of ether oxygens (including phenoxy) is 1. The van der Waals surface area contributed by atoms with Gasteiger partial charge in [0.1, 0.15) is 0 Å². The maximum atomic E-state index is 12.6. The SMILES string of the molecule is CC(C)CCCCCC(C(=O)OC#N)=C(c1ccccc1)c1ccccc1. The molecule has 3 heteroatoms. The van der Waals surface area contributed by atoms with Crippen LogP contribution in [0.4, 0.5) is 0 Å². The fraction of sp³-hybridized carbons (Fsp3) is 0.333. The first-order valence-corrected chi connectivity index (χ1v) is 9.57. The van der Waals surface area contributed by atoms with E-state index in [2.05, 4.69) is 13.8 Å². The Labute approximate surface area is 162 Å². The van der Waals surface area contributed by atoms with E-state index in [4.69, 9.17) is 10.00 Å². The molecule has 0 saturated heterocycles. The third kappa shape index (κ3) is 6.42. The molecule has 0 amide bonds. The Bertz CT molecular complexity index is 745. The second kappa shape index (κ2) is 11.0. The van der Waals surface area contributed by atoms with Crippen LogP contribution in [-0.4, -0.2) is 5.97 Å². The molecule has 0 spiro atoms. The summed E-state index contributed by atoms with van der Waals surface area (Å²) >= 11 is 0. The van der Waals surface area contributed by atoms with E-state index in [1.807, 2.05) is 60.7 Å². The topological polar surface area (TPSA) is 50.1 Å². The average molecular weight is 361 g/mol. The molecule has 0 unspecified atom stereocenters. The van der Waals surface area contributed by atoms with Gasteiger partial charge in [-0.05, 0) is 35.5 Å². The molecule has 0 aliphatic carbocycles. The van der Waals surface area contributed by atoms with E-state index in [1.54, 1.807) is 0 Å². The van der Waals surface area contributed by atoms with Crippen LogP contribution in [0.5, 0.6) is 0 Å². The Kier molecular flexibility index (Phi) is 8.32. The van der Waals surface area contributed by atoms with Crippen molar-refractivity contribution >= 4 is 11.5 Å². The van der Waals surface area contributed by atoms with Crippen molar-refractivity contribution in [1.82, 2.24) is 0 Å². The fourth-order valence-corrected chi connectivity index (χ4v) is 3.19. The van der Waals surface area contributed by atoms with Gasteiger partial charge in [0, 0.05) is 5.57 Å². The van der Waals surface area contributed by atoms with Gasteiger partial charge >= 0.3 is 5.97 Å². The number of hydrogen-bond donors (Lipinski definition) is 0. The molecule has 2 aromatic carbocycles. The standard InChI is InChI=1S/C24H27NO2/c1-19(2)12-6-3-11-17-22(24(26)27-18-25)23(20-13-7-4-8-14-20)21-15-9-5-10-16-21/h4-5,7-10,13-16,19H,3,6,11-12,17H2,1-2H3. The van der Waals surface area contributed by atoms with E-state index in [0.717, 1.165) is 36.0 Å². The van der Waals surface area contributed by atoms with Gasteiger partial charge in [-0.3, -0.25) is 0 Å². The molecule has 0 aliphatic rings. The van der Waals surface area contributed by atoms with Crippen molar-refractivity contribution in [3.8, 4) is 6.26 Å². The van der Waals surface area contributed by atoms with Crippen molar-refractivity contribution in [2.24, 2.45) is 5.92 Å². The number of carbonyl (C=O) groups excluding carboxylic acids is 1. The van der Waals surface area contributed by atoms with E-state index in [9.17, 15) is 4.79 Å². The minimum Gasteiger partial charge on any atom is -0.347 e. The average Bonchev–Trinajstić information content (AvgIpc) is 2.68. The highest BCUT2D eigenvalue weighted by Gasteiger charge is 2.19. The lowest BCUT2D eigenvalue weighted by Gasteiger charge is -2.15. The van der Waals surface area contributed by atoms with Crippen LogP contribution in [0.3, 0.4) is 0 Å². The summed E-state index contributed by atoms with van der Waals surface area (Å²) in [7, 11) is 0. The molecule has 0 heterocycles. The lowest BCUT2D eigenvalue weighted by atomic mass is 9.90. The molecule has 0 aliphatic heterocycles. The first-order chi connectivity index (χ1) is 13.1. The highest BCUT2D eigenvalue weighted by molar-refractivity contribution is 6.02. The molecule has 2 rings (SSSR count). The smallest absolute Gasteiger partial charge is 0.347 e. The number of unbranched alkanes of at least 4 members (excludes halogenated alkanes) is 2. The third-order valence-corrected chi connectivity index (χ3v) is 4.52. The maximum absolute atomic E-state index is 12.6. The summed E-state index contributed by atoms with van der Waals surface area (Å²) < 4.78 is 4.73. The highest BCUT2D eigenvalue weighted by Crippen LogP contribution is 2.30. The van der Waals surface area contributed by atoms with Crippen molar-refractivity contribution < 1.29 is 9.53 Å². The molecule has 0 radical (unpaired) electrons. The van der Waals surface area contributed by atoms with Crippen LogP contribution in [0.25, 0.3) is 5.57 Å². The summed E-state index contributed by atoms with van der Waals surface area (Å²) in [6.07, 6.45) is 6.41. The van der Waals surface area contributed by atoms with E-state index in [1.165, 1.54) is 12.7 Å². The lowest BCUT2D eigenvalue weighted by Crippen LogP contribution is -2.09. The fourth-order valence-electron chi connectivity index (χ4n) is 3.19. The maximum Gasteiger partial charge on any atom is 0.350 e. The van der Waals surface area contributed by atoms with E-state index < -0.39 is 5.97 Å². The molecule has 0 N–H and O–H groups in total. The number of esters is 1. The first-order valence-electron chi connectivity index (χ1n) is 9.57. The van der Waals surface area contributed by atoms with Gasteiger partial charge in [0.15, 0.2) is 0 Å². The van der Waals surface area contributed by atoms with Gasteiger partial charge in [0.25, 0.3) is 6.26 Å². The monoisotopic (exact) mass is 361 g/mol. The largest absolute Gasteiger partial charge is 0.350 e. The zero-order valence-corrected chi connectivity index (χ0v) is 16.2. The van der Waals surface area contributed by atoms with Crippen LogP contribution < -0.4 is 0 Å². The lowest BCUT2D eigenvalue weighted by molar-refractivity contribution is -0.132. The van der Waals surface area contributed by atoms with Crippen LogP contribution in [0.2, 0.25) is 0 Å². The predicted molar refractivity (Wildman–Crippen MR) is 109 cm³/mol. The molecule has 0 fully saturated rings. The predicted octanol–water partition coefficient (Wildman–Crippen LogP) is 6.12. The Hall–Kier alpha value is -2.86. The van der Waals surface area contributed by atoms with Gasteiger partial charge in [-0.25, -0.2) is 4.79 Å². The minimum atomic E-state index is -0.552. The molecular formula is C24H27NO2. The summed E-state index contributed by atoms with van der Waals surface area (Å²) in [5, 5.41) is 8.86. The van der Waals surface area contributed by atoms with Crippen LogP contribution in [0.1, 0.15) is 57.1 Å². The zero-order valence-electron chi connectivity index (χ0n) is 16.2. The van der Waals surface area contributed by atoms with E-state index >= 15 is 0 Å². The summed E-state index contributed by atoms with van der Waals surface area (Å²) in [6, 6.07) is 19.7. The van der Waals surface area contributed by atoms with E-state index in [0.29, 0.717) is 17.9 Å². The number of carbonyl (C=O) groups is 1. The van der Waals surface area contributed by atoms with Crippen molar-refractivity contribution in [3.63, 3.8) is 0 Å². The van der Waals surface area contributed by atoms with Crippen LogP contribution >= 0.6 is 0 Å². The van der Waals surface area contributed by atoms with E-state index in [-0.39, 0.29) is 0 Å². The Morgan fingerprint density at radius 2 is 1.48 bits per heavy atom. The first kappa shape index (κ1) is 20.5. The molecule has 0 atom stereocenters. The van der Waals surface area contributed by atoms with Crippen LogP contribution in [-0.2, 0) is 9.53 Å². The Balaban J connectivity index is 2.39. The van der Waals surface area contributed by atoms with Gasteiger partial charge in [-0.1, -0.05) is 93.8 Å². The summed E-state index contributed by atoms with van der Waals surface area (Å²) in [6.45, 7) is 4.44. The van der Waals surface area contributed by atoms with Crippen molar-refractivity contribution in [2.75, 3.05) is 0 Å². The molecule has 0 aromatic heterocycles. The van der Waals surface area contributed by atoms with Crippen LogP contribution in [0, 0.1) is 17.4 Å². The molecule has 2 aromatic rings. The number of benzene rings is 2. The van der Waals surface area contributed by atoms with Crippen molar-refractivity contribution in [3.05, 3.63) is 77.4 Å². The van der Waals surface area contributed by atoms with Crippen molar-refractivity contribution in [1.29, 1.82) is 5.26 Å². The van der Waals surface area contributed by atoms with Crippen LogP contribution in [0.15, 0.2) is 66.2 Å². The van der Waals surface area contributed by atoms with Gasteiger partial charge in [-0.15, -0.1) is 5.26 Å². The molecule has 140 valence electrons. The minimum absolute atomic E-state index is 0.552. The second-order valence-electron chi connectivity index (χ2n) is 7.06. The van der Waals surface area contributed by atoms with Crippen molar-refractivity contribution in [2.45, 2.75) is 46.0 Å². The highest BCUT2D eigenvalue weighted by atomic mass is 16.5. The number of nitriles is 1. The zero-order chi connectivity index (χ0) is 19.5. The second-order valence-corrected chi connectivity index (χ2v) is 7.06. The van der Waals surface area contributed by atoms with Gasteiger partial charge in [-0.2, -0.15) is 0 Å². The number of rotatable bonds is 9. The molecular weight excluding hydrogens is 334 g/mol. The number of hydrogen-bond acceptors (Lipinski definition) is 3. The molecule has 3 nitrogen and oxygen atoms in total. The van der Waals surface area contributed by atoms with Gasteiger partial charge in [0.05, 0.1) is 0 Å². The molecule has 0 bridgehead atoms. The summed E-state index contributed by atoms with van der Waals surface area (Å²) in [4.78, 5) is 12.6. The molecule has 0 saturated carbocycles. The Morgan fingerprint density at radius 3 is 1.96 bits per heavy atom. The number of nitrogens with zero attached hydrogens (tertiary/aromatic N) is 1.